The predicted molar refractivity (Wildman–Crippen MR) is 69.4 cm³/mol. The number of nitrogens with zero attached hydrogens (tertiary/aromatic N) is 1. The largest absolute Gasteiger partial charge is 0.481 e. The summed E-state index contributed by atoms with van der Waals surface area (Å²) in [7, 11) is 1.52. The van der Waals surface area contributed by atoms with Crippen LogP contribution in [-0.4, -0.2) is 47.9 Å². The first kappa shape index (κ1) is 15.5. The van der Waals surface area contributed by atoms with Crippen molar-refractivity contribution in [3.05, 3.63) is 0 Å². The van der Waals surface area contributed by atoms with Gasteiger partial charge in [-0.15, -0.1) is 0 Å². The minimum Gasteiger partial charge on any atom is -0.481 e. The SMILES string of the molecule is CCN(CC(=O)NC)C(=O)C1CCCCC1C(=O)O. The molecule has 1 aliphatic carbocycles. The molecular weight excluding hydrogens is 248 g/mol. The van der Waals surface area contributed by atoms with E-state index in [1.165, 1.54) is 11.9 Å². The number of carbonyl (C=O) groups is 3. The molecular formula is C13H22N2O4. The summed E-state index contributed by atoms with van der Waals surface area (Å²) in [5.74, 6) is -2.46. The van der Waals surface area contributed by atoms with Gasteiger partial charge >= 0.3 is 5.97 Å². The average Bonchev–Trinajstić information content (AvgIpc) is 2.43. The molecule has 2 atom stereocenters. The van der Waals surface area contributed by atoms with E-state index in [0.717, 1.165) is 12.8 Å². The molecule has 0 aromatic carbocycles. The molecule has 0 bridgehead atoms. The van der Waals surface area contributed by atoms with E-state index < -0.39 is 17.8 Å². The number of carbonyl (C=O) groups excluding carboxylic acids is 2. The Kier molecular flexibility index (Phi) is 5.79. The van der Waals surface area contributed by atoms with Crippen LogP contribution in [0.25, 0.3) is 0 Å². The van der Waals surface area contributed by atoms with Crippen molar-refractivity contribution < 1.29 is 19.5 Å². The van der Waals surface area contributed by atoms with Crippen LogP contribution < -0.4 is 5.32 Å². The lowest BCUT2D eigenvalue weighted by molar-refractivity contribution is -0.152. The fraction of sp³-hybridized carbons (Fsp3) is 0.769. The van der Waals surface area contributed by atoms with Crippen LogP contribution in [0.5, 0.6) is 0 Å². The van der Waals surface area contributed by atoms with E-state index >= 15 is 0 Å². The first-order valence-electron chi connectivity index (χ1n) is 6.73. The molecule has 1 aliphatic rings. The van der Waals surface area contributed by atoms with Crippen LogP contribution in [0.15, 0.2) is 0 Å². The lowest BCUT2D eigenvalue weighted by Crippen LogP contribution is -2.46. The molecule has 0 spiro atoms. The zero-order valence-electron chi connectivity index (χ0n) is 11.5. The number of carboxylic acids is 1. The molecule has 0 aromatic heterocycles. The predicted octanol–water partition coefficient (Wildman–Crippen LogP) is 0.472. The summed E-state index contributed by atoms with van der Waals surface area (Å²) in [4.78, 5) is 36.4. The van der Waals surface area contributed by atoms with Crippen molar-refractivity contribution in [3.8, 4) is 0 Å². The highest BCUT2D eigenvalue weighted by Gasteiger charge is 2.37. The fourth-order valence-electron chi connectivity index (χ4n) is 2.55. The highest BCUT2D eigenvalue weighted by molar-refractivity contribution is 5.88. The molecule has 2 N–H and O–H groups in total. The lowest BCUT2D eigenvalue weighted by atomic mass is 9.78. The highest BCUT2D eigenvalue weighted by atomic mass is 16.4. The molecule has 1 saturated carbocycles. The van der Waals surface area contributed by atoms with Gasteiger partial charge in [0.15, 0.2) is 0 Å². The van der Waals surface area contributed by atoms with Gasteiger partial charge in [0.1, 0.15) is 0 Å². The smallest absolute Gasteiger partial charge is 0.307 e. The van der Waals surface area contributed by atoms with Crippen LogP contribution in [-0.2, 0) is 14.4 Å². The summed E-state index contributed by atoms with van der Waals surface area (Å²) in [6, 6.07) is 0. The third-order valence-corrected chi connectivity index (χ3v) is 3.71. The second kappa shape index (κ2) is 7.11. The molecule has 6 heteroatoms. The number of hydrogen-bond acceptors (Lipinski definition) is 3. The molecule has 0 aromatic rings. The van der Waals surface area contributed by atoms with Crippen LogP contribution in [0, 0.1) is 11.8 Å². The topological polar surface area (TPSA) is 86.7 Å². The number of amides is 2. The van der Waals surface area contributed by atoms with Gasteiger partial charge in [-0.25, -0.2) is 0 Å². The van der Waals surface area contributed by atoms with Crippen LogP contribution >= 0.6 is 0 Å². The number of carboxylic acid groups (broad SMARTS) is 1. The molecule has 108 valence electrons. The fourth-order valence-corrected chi connectivity index (χ4v) is 2.55. The van der Waals surface area contributed by atoms with Gasteiger partial charge in [-0.05, 0) is 19.8 Å². The minimum atomic E-state index is -0.908. The maximum atomic E-state index is 12.4. The first-order valence-corrected chi connectivity index (χ1v) is 6.73. The molecule has 0 saturated heterocycles. The summed E-state index contributed by atoms with van der Waals surface area (Å²) < 4.78 is 0. The number of hydrogen-bond donors (Lipinski definition) is 2. The maximum absolute atomic E-state index is 12.4. The molecule has 0 radical (unpaired) electrons. The van der Waals surface area contributed by atoms with Crippen LogP contribution in [0.2, 0.25) is 0 Å². The number of likely N-dealkylation sites (N-methyl/N-ethyl adjacent to an activating group) is 2. The standard InChI is InChI=1S/C13H22N2O4/c1-3-15(8-11(16)14-2)12(17)9-6-4-5-7-10(9)13(18)19/h9-10H,3-8H2,1-2H3,(H,14,16)(H,18,19). The van der Waals surface area contributed by atoms with Gasteiger partial charge in [0.25, 0.3) is 0 Å². The van der Waals surface area contributed by atoms with E-state index in [4.69, 9.17) is 0 Å². The van der Waals surface area contributed by atoms with Gasteiger partial charge in [0.2, 0.25) is 11.8 Å². The summed E-state index contributed by atoms with van der Waals surface area (Å²) in [6.07, 6.45) is 2.86. The van der Waals surface area contributed by atoms with Gasteiger partial charge in [0.05, 0.1) is 18.4 Å². The Morgan fingerprint density at radius 2 is 1.79 bits per heavy atom. The van der Waals surface area contributed by atoms with Crippen molar-refractivity contribution in [3.63, 3.8) is 0 Å². The second-order valence-corrected chi connectivity index (χ2v) is 4.86. The third kappa shape index (κ3) is 3.94. The molecule has 6 nitrogen and oxygen atoms in total. The Morgan fingerprint density at radius 1 is 1.21 bits per heavy atom. The Labute approximate surface area is 113 Å². The molecule has 2 unspecified atom stereocenters. The van der Waals surface area contributed by atoms with Crippen LogP contribution in [0.4, 0.5) is 0 Å². The maximum Gasteiger partial charge on any atom is 0.307 e. The highest BCUT2D eigenvalue weighted by Crippen LogP contribution is 2.31. The molecule has 1 rings (SSSR count). The van der Waals surface area contributed by atoms with Gasteiger partial charge in [-0.3, -0.25) is 14.4 Å². The van der Waals surface area contributed by atoms with Gasteiger partial charge in [0, 0.05) is 13.6 Å². The zero-order valence-corrected chi connectivity index (χ0v) is 11.5. The van der Waals surface area contributed by atoms with Crippen LogP contribution in [0.1, 0.15) is 32.6 Å². The van der Waals surface area contributed by atoms with Crippen molar-refractivity contribution >= 4 is 17.8 Å². The molecule has 1 fully saturated rings. The van der Waals surface area contributed by atoms with Gasteiger partial charge in [-0.2, -0.15) is 0 Å². The van der Waals surface area contributed by atoms with E-state index in [9.17, 15) is 19.5 Å². The second-order valence-electron chi connectivity index (χ2n) is 4.86. The number of rotatable bonds is 5. The quantitative estimate of drug-likeness (QED) is 0.760. The van der Waals surface area contributed by atoms with Crippen molar-refractivity contribution in [2.45, 2.75) is 32.6 Å². The van der Waals surface area contributed by atoms with E-state index in [1.54, 1.807) is 6.92 Å². The first-order chi connectivity index (χ1) is 9.01. The minimum absolute atomic E-state index is 0.00529. The van der Waals surface area contributed by atoms with E-state index in [0.29, 0.717) is 19.4 Å². The van der Waals surface area contributed by atoms with Crippen molar-refractivity contribution in [1.82, 2.24) is 10.2 Å². The lowest BCUT2D eigenvalue weighted by Gasteiger charge is -2.32. The molecule has 2 amide bonds. The summed E-state index contributed by atoms with van der Waals surface area (Å²) in [5, 5.41) is 11.7. The molecule has 0 aliphatic heterocycles. The molecule has 0 heterocycles. The summed E-state index contributed by atoms with van der Waals surface area (Å²) >= 11 is 0. The zero-order chi connectivity index (χ0) is 14.4. The number of aliphatic carboxylic acids is 1. The van der Waals surface area contributed by atoms with Crippen molar-refractivity contribution in [2.75, 3.05) is 20.1 Å². The number of nitrogens with one attached hydrogen (secondary N) is 1. The average molecular weight is 270 g/mol. The molecule has 19 heavy (non-hydrogen) atoms. The Bertz CT molecular complexity index is 357. The van der Waals surface area contributed by atoms with Crippen LogP contribution in [0.3, 0.4) is 0 Å². The van der Waals surface area contributed by atoms with Gasteiger partial charge < -0.3 is 15.3 Å². The monoisotopic (exact) mass is 270 g/mol. The Morgan fingerprint density at radius 3 is 2.26 bits per heavy atom. The normalized spacial score (nSPS) is 22.6. The Balaban J connectivity index is 2.76. The van der Waals surface area contributed by atoms with E-state index in [2.05, 4.69) is 5.32 Å². The van der Waals surface area contributed by atoms with Crippen molar-refractivity contribution in [2.24, 2.45) is 11.8 Å². The third-order valence-electron chi connectivity index (χ3n) is 3.71. The van der Waals surface area contributed by atoms with E-state index in [1.807, 2.05) is 0 Å². The summed E-state index contributed by atoms with van der Waals surface area (Å²) in [6.45, 7) is 2.20. The van der Waals surface area contributed by atoms with E-state index in [-0.39, 0.29) is 18.4 Å². The van der Waals surface area contributed by atoms with Gasteiger partial charge in [-0.1, -0.05) is 12.8 Å². The summed E-state index contributed by atoms with van der Waals surface area (Å²) in [5.41, 5.74) is 0. The Hall–Kier alpha value is -1.59. The van der Waals surface area contributed by atoms with Crippen molar-refractivity contribution in [1.29, 1.82) is 0 Å².